The van der Waals surface area contributed by atoms with E-state index in [0.29, 0.717) is 6.61 Å². The van der Waals surface area contributed by atoms with E-state index >= 15 is 0 Å². The van der Waals surface area contributed by atoms with Gasteiger partial charge in [0.15, 0.2) is 5.78 Å². The lowest BCUT2D eigenvalue weighted by atomic mass is 9.82. The Labute approximate surface area is 96.7 Å². The molecule has 4 heteroatoms. The van der Waals surface area contributed by atoms with Crippen molar-refractivity contribution in [2.45, 2.75) is 52.0 Å². The van der Waals surface area contributed by atoms with Crippen LogP contribution >= 0.6 is 0 Å². The Morgan fingerprint density at radius 3 is 2.44 bits per heavy atom. The zero-order chi connectivity index (χ0) is 12.0. The summed E-state index contributed by atoms with van der Waals surface area (Å²) in [5.74, 6) is 0.315. The molecular weight excluding hydrogens is 206 g/mol. The molecule has 0 spiro atoms. The molecule has 0 unspecified atom stereocenters. The number of carbonyl (C=O) groups is 2. The second-order valence-electron chi connectivity index (χ2n) is 4.35. The van der Waals surface area contributed by atoms with Crippen molar-refractivity contribution in [1.82, 2.24) is 5.32 Å². The summed E-state index contributed by atoms with van der Waals surface area (Å²) in [4.78, 5) is 22.8. The average Bonchev–Trinajstić information content (AvgIpc) is 2.27. The van der Waals surface area contributed by atoms with E-state index in [-0.39, 0.29) is 17.7 Å². The molecule has 0 bridgehead atoms. The Morgan fingerprint density at radius 2 is 1.94 bits per heavy atom. The highest BCUT2D eigenvalue weighted by Gasteiger charge is 2.28. The fourth-order valence-electron chi connectivity index (χ4n) is 2.32. The third-order valence-corrected chi connectivity index (χ3v) is 3.11. The average molecular weight is 227 g/mol. The topological polar surface area (TPSA) is 55.4 Å². The predicted molar refractivity (Wildman–Crippen MR) is 61.2 cm³/mol. The van der Waals surface area contributed by atoms with Gasteiger partial charge in [0.1, 0.15) is 0 Å². The zero-order valence-corrected chi connectivity index (χ0v) is 10.1. The number of nitrogens with one attached hydrogen (secondary N) is 1. The quantitative estimate of drug-likeness (QED) is 0.801. The first-order valence-electron chi connectivity index (χ1n) is 6.09. The fraction of sp³-hybridized carbons (Fsp3) is 0.833. The molecule has 16 heavy (non-hydrogen) atoms. The molecule has 0 heterocycles. The molecule has 1 fully saturated rings. The number of ether oxygens (including phenoxy) is 1. The van der Waals surface area contributed by atoms with Crippen molar-refractivity contribution in [1.29, 1.82) is 0 Å². The Balaban J connectivity index is 2.52. The lowest BCUT2D eigenvalue weighted by Gasteiger charge is -2.28. The molecule has 0 aromatic heterocycles. The SMILES string of the molecule is CCOC(=O)N[C@H](C(C)=O)C1CCCCC1. The maximum Gasteiger partial charge on any atom is 0.407 e. The van der Waals surface area contributed by atoms with E-state index in [1.54, 1.807) is 6.92 Å². The lowest BCUT2D eigenvalue weighted by molar-refractivity contribution is -0.120. The maximum absolute atomic E-state index is 11.5. The van der Waals surface area contributed by atoms with Crippen LogP contribution in [0.5, 0.6) is 0 Å². The van der Waals surface area contributed by atoms with Crippen LogP contribution in [0.25, 0.3) is 0 Å². The summed E-state index contributed by atoms with van der Waals surface area (Å²) in [6, 6.07) is -0.362. The number of hydrogen-bond acceptors (Lipinski definition) is 3. The molecule has 1 N–H and O–H groups in total. The second kappa shape index (κ2) is 6.51. The van der Waals surface area contributed by atoms with Crippen LogP contribution in [0, 0.1) is 5.92 Å². The van der Waals surface area contributed by atoms with Crippen molar-refractivity contribution < 1.29 is 14.3 Å². The highest BCUT2D eigenvalue weighted by Crippen LogP contribution is 2.26. The van der Waals surface area contributed by atoms with Crippen LogP contribution in [-0.4, -0.2) is 24.5 Å². The predicted octanol–water partition coefficient (Wildman–Crippen LogP) is 2.27. The van der Waals surface area contributed by atoms with Gasteiger partial charge in [-0.3, -0.25) is 4.79 Å². The lowest BCUT2D eigenvalue weighted by Crippen LogP contribution is -2.45. The zero-order valence-electron chi connectivity index (χ0n) is 10.1. The summed E-state index contributed by atoms with van der Waals surface area (Å²) in [6.45, 7) is 3.62. The Kier molecular flexibility index (Phi) is 5.29. The van der Waals surface area contributed by atoms with Crippen LogP contribution in [0.3, 0.4) is 0 Å². The van der Waals surface area contributed by atoms with Crippen molar-refractivity contribution in [3.05, 3.63) is 0 Å². The third kappa shape index (κ3) is 3.83. The Morgan fingerprint density at radius 1 is 1.31 bits per heavy atom. The second-order valence-corrected chi connectivity index (χ2v) is 4.35. The minimum absolute atomic E-state index is 0.0277. The summed E-state index contributed by atoms with van der Waals surface area (Å²) in [7, 11) is 0. The molecule has 1 aliphatic carbocycles. The van der Waals surface area contributed by atoms with Gasteiger partial charge in [-0.25, -0.2) is 4.79 Å². The third-order valence-electron chi connectivity index (χ3n) is 3.11. The van der Waals surface area contributed by atoms with Crippen LogP contribution in [0.1, 0.15) is 46.0 Å². The number of hydrogen-bond donors (Lipinski definition) is 1. The minimum Gasteiger partial charge on any atom is -0.450 e. The van der Waals surface area contributed by atoms with Crippen LogP contribution in [0.2, 0.25) is 0 Å². The summed E-state index contributed by atoms with van der Waals surface area (Å²) < 4.78 is 4.81. The fourth-order valence-corrected chi connectivity index (χ4v) is 2.32. The molecule has 1 atom stereocenters. The van der Waals surface area contributed by atoms with Crippen LogP contribution in [0.15, 0.2) is 0 Å². The monoisotopic (exact) mass is 227 g/mol. The van der Waals surface area contributed by atoms with E-state index in [4.69, 9.17) is 4.74 Å². The first-order valence-corrected chi connectivity index (χ1v) is 6.09. The van der Waals surface area contributed by atoms with E-state index in [2.05, 4.69) is 5.32 Å². The molecule has 0 saturated heterocycles. The van der Waals surface area contributed by atoms with Gasteiger partial charge in [0.05, 0.1) is 12.6 Å². The molecule has 1 aliphatic rings. The summed E-state index contributed by atoms with van der Waals surface area (Å²) in [6.07, 6.45) is 5.11. The molecule has 92 valence electrons. The summed E-state index contributed by atoms with van der Waals surface area (Å²) in [5.41, 5.74) is 0. The molecule has 0 aromatic carbocycles. The first-order chi connectivity index (χ1) is 7.65. The van der Waals surface area contributed by atoms with Gasteiger partial charge in [0, 0.05) is 0 Å². The van der Waals surface area contributed by atoms with Gasteiger partial charge < -0.3 is 10.1 Å². The number of ketones is 1. The maximum atomic E-state index is 11.5. The molecule has 0 radical (unpaired) electrons. The number of carbonyl (C=O) groups excluding carboxylic acids is 2. The van der Waals surface area contributed by atoms with Gasteiger partial charge in [-0.15, -0.1) is 0 Å². The highest BCUT2D eigenvalue weighted by atomic mass is 16.5. The van der Waals surface area contributed by atoms with Gasteiger partial charge >= 0.3 is 6.09 Å². The molecule has 1 amide bonds. The van der Waals surface area contributed by atoms with E-state index in [9.17, 15) is 9.59 Å². The molecule has 0 aliphatic heterocycles. The first kappa shape index (κ1) is 13.0. The summed E-state index contributed by atoms with van der Waals surface area (Å²) in [5, 5.41) is 2.68. The highest BCUT2D eigenvalue weighted by molar-refractivity contribution is 5.85. The van der Waals surface area contributed by atoms with Crippen LogP contribution in [-0.2, 0) is 9.53 Å². The van der Waals surface area contributed by atoms with Crippen LogP contribution < -0.4 is 5.32 Å². The van der Waals surface area contributed by atoms with Gasteiger partial charge in [0.2, 0.25) is 0 Å². The van der Waals surface area contributed by atoms with Crippen molar-refractivity contribution in [3.63, 3.8) is 0 Å². The van der Waals surface area contributed by atoms with E-state index in [0.717, 1.165) is 25.7 Å². The van der Waals surface area contributed by atoms with Crippen molar-refractivity contribution >= 4 is 11.9 Å². The number of rotatable bonds is 4. The largest absolute Gasteiger partial charge is 0.450 e. The van der Waals surface area contributed by atoms with Gasteiger partial charge in [-0.2, -0.15) is 0 Å². The number of alkyl carbamates (subject to hydrolysis) is 1. The van der Waals surface area contributed by atoms with Crippen molar-refractivity contribution in [3.8, 4) is 0 Å². The smallest absolute Gasteiger partial charge is 0.407 e. The normalized spacial score (nSPS) is 18.9. The molecular formula is C12H21NO3. The minimum atomic E-state index is -0.478. The van der Waals surface area contributed by atoms with E-state index in [1.807, 2.05) is 0 Å². The van der Waals surface area contributed by atoms with E-state index in [1.165, 1.54) is 13.3 Å². The number of Topliss-reactive ketones (excluding diaryl/α,β-unsaturated/α-hetero) is 1. The van der Waals surface area contributed by atoms with Gasteiger partial charge in [-0.1, -0.05) is 19.3 Å². The Bertz CT molecular complexity index is 245. The Hall–Kier alpha value is -1.06. The number of amides is 1. The van der Waals surface area contributed by atoms with Crippen LogP contribution in [0.4, 0.5) is 4.79 Å². The van der Waals surface area contributed by atoms with Crippen molar-refractivity contribution in [2.24, 2.45) is 5.92 Å². The van der Waals surface area contributed by atoms with Crippen molar-refractivity contribution in [2.75, 3.05) is 6.61 Å². The van der Waals surface area contributed by atoms with Gasteiger partial charge in [-0.05, 0) is 32.6 Å². The molecule has 1 rings (SSSR count). The standard InChI is InChI=1S/C12H21NO3/c1-3-16-12(15)13-11(9(2)14)10-7-5-4-6-8-10/h10-11H,3-8H2,1-2H3,(H,13,15)/t11-/m1/s1. The molecule has 1 saturated carbocycles. The summed E-state index contributed by atoms with van der Waals surface area (Å²) >= 11 is 0. The van der Waals surface area contributed by atoms with E-state index < -0.39 is 6.09 Å². The van der Waals surface area contributed by atoms with Gasteiger partial charge in [0.25, 0.3) is 0 Å². The molecule has 4 nitrogen and oxygen atoms in total. The molecule has 0 aromatic rings.